The van der Waals surface area contributed by atoms with Crippen LogP contribution >= 0.6 is 0 Å². The highest BCUT2D eigenvalue weighted by Gasteiger charge is 2.30. The minimum atomic E-state index is -0.385. The van der Waals surface area contributed by atoms with Crippen LogP contribution in [0.2, 0.25) is 0 Å². The van der Waals surface area contributed by atoms with Crippen LogP contribution in [0.4, 0.5) is 0 Å². The van der Waals surface area contributed by atoms with Gasteiger partial charge in [0.05, 0.1) is 0 Å². The number of hydrogen-bond donors (Lipinski definition) is 1. The molecule has 4 heteroatoms. The van der Waals surface area contributed by atoms with Crippen LogP contribution in [0.15, 0.2) is 24.3 Å². The molecule has 1 atom stereocenters. The molecule has 1 fully saturated rings. The molecule has 1 aromatic rings. The number of amides is 2. The van der Waals surface area contributed by atoms with Crippen molar-refractivity contribution in [2.75, 3.05) is 6.54 Å². The molecule has 1 unspecified atom stereocenters. The van der Waals surface area contributed by atoms with E-state index in [0.29, 0.717) is 31.8 Å². The van der Waals surface area contributed by atoms with E-state index < -0.39 is 0 Å². The lowest BCUT2D eigenvalue weighted by atomic mass is 10.0. The number of carbonyl (C=O) groups excluding carboxylic acids is 2. The molecule has 0 saturated carbocycles. The molecule has 2 amide bonds. The van der Waals surface area contributed by atoms with Gasteiger partial charge in [0.15, 0.2) is 0 Å². The molecular weight excluding hydrogens is 264 g/mol. The smallest absolute Gasteiger partial charge is 0.245 e. The van der Waals surface area contributed by atoms with E-state index >= 15 is 0 Å². The highest BCUT2D eigenvalue weighted by Crippen LogP contribution is 2.16. The maximum Gasteiger partial charge on any atom is 0.245 e. The Morgan fingerprint density at radius 2 is 2.00 bits per heavy atom. The summed E-state index contributed by atoms with van der Waals surface area (Å²) in [6.07, 6.45) is 1.07. The summed E-state index contributed by atoms with van der Waals surface area (Å²) >= 11 is 0. The van der Waals surface area contributed by atoms with Crippen molar-refractivity contribution in [1.82, 2.24) is 10.2 Å². The lowest BCUT2D eigenvalue weighted by molar-refractivity contribution is -0.134. The highest BCUT2D eigenvalue weighted by molar-refractivity contribution is 5.89. The molecule has 1 saturated heterocycles. The molecule has 114 valence electrons. The minimum absolute atomic E-state index is 0.0266. The third-order valence-electron chi connectivity index (χ3n) is 3.88. The maximum atomic E-state index is 12.7. The second kappa shape index (κ2) is 6.74. The average molecular weight is 288 g/mol. The summed E-state index contributed by atoms with van der Waals surface area (Å²) in [5.41, 5.74) is 2.32. The molecule has 21 heavy (non-hydrogen) atoms. The minimum Gasteiger partial charge on any atom is -0.344 e. The van der Waals surface area contributed by atoms with Gasteiger partial charge in [-0.25, -0.2) is 0 Å². The van der Waals surface area contributed by atoms with Gasteiger partial charge in [-0.3, -0.25) is 9.59 Å². The molecule has 2 rings (SSSR count). The average Bonchev–Trinajstić information content (AvgIpc) is 2.54. The van der Waals surface area contributed by atoms with E-state index in [1.807, 2.05) is 36.1 Å². The molecule has 1 aliphatic heterocycles. The lowest BCUT2D eigenvalue weighted by Crippen LogP contribution is -2.45. The van der Waals surface area contributed by atoms with E-state index in [1.54, 1.807) is 0 Å². The quantitative estimate of drug-likeness (QED) is 0.924. The fraction of sp³-hybridized carbons (Fsp3) is 0.529. The monoisotopic (exact) mass is 288 g/mol. The van der Waals surface area contributed by atoms with Gasteiger partial charge in [-0.2, -0.15) is 0 Å². The maximum absolute atomic E-state index is 12.7. The van der Waals surface area contributed by atoms with Crippen LogP contribution in [-0.4, -0.2) is 29.3 Å². The number of benzene rings is 1. The van der Waals surface area contributed by atoms with Crippen molar-refractivity contribution in [2.45, 2.75) is 46.2 Å². The van der Waals surface area contributed by atoms with Crippen LogP contribution in [-0.2, 0) is 16.1 Å². The van der Waals surface area contributed by atoms with Crippen molar-refractivity contribution in [1.29, 1.82) is 0 Å². The van der Waals surface area contributed by atoms with Gasteiger partial charge in [0.1, 0.15) is 6.04 Å². The van der Waals surface area contributed by atoms with E-state index in [-0.39, 0.29) is 17.9 Å². The first kappa shape index (κ1) is 15.5. The number of aryl methyl sites for hydroxylation is 1. The van der Waals surface area contributed by atoms with Gasteiger partial charge in [-0.15, -0.1) is 0 Å². The summed E-state index contributed by atoms with van der Waals surface area (Å²) in [5.74, 6) is 0.386. The van der Waals surface area contributed by atoms with Crippen LogP contribution in [0.1, 0.15) is 37.8 Å². The second-order valence-corrected chi connectivity index (χ2v) is 6.19. The van der Waals surface area contributed by atoms with E-state index in [1.165, 1.54) is 5.56 Å². The van der Waals surface area contributed by atoms with Crippen LogP contribution in [0.3, 0.4) is 0 Å². The highest BCUT2D eigenvalue weighted by atomic mass is 16.2. The molecule has 4 nitrogen and oxygen atoms in total. The molecule has 0 aromatic heterocycles. The lowest BCUT2D eigenvalue weighted by Gasteiger charge is -2.25. The van der Waals surface area contributed by atoms with Gasteiger partial charge >= 0.3 is 0 Å². The normalized spacial score (nSPS) is 19.6. The fourth-order valence-electron chi connectivity index (χ4n) is 2.68. The van der Waals surface area contributed by atoms with Crippen LogP contribution < -0.4 is 5.32 Å². The van der Waals surface area contributed by atoms with E-state index in [0.717, 1.165) is 5.56 Å². The molecule has 0 aliphatic carbocycles. The Morgan fingerprint density at radius 3 is 2.67 bits per heavy atom. The first-order valence-corrected chi connectivity index (χ1v) is 7.60. The summed E-state index contributed by atoms with van der Waals surface area (Å²) < 4.78 is 0. The third-order valence-corrected chi connectivity index (χ3v) is 3.88. The SMILES string of the molecule is Cc1ccccc1CN1CCC(=O)NC(CC(C)C)C1=O. The topological polar surface area (TPSA) is 49.4 Å². The third kappa shape index (κ3) is 4.06. The predicted octanol–water partition coefficient (Wildman–Crippen LogP) is 2.26. The largest absolute Gasteiger partial charge is 0.344 e. The van der Waals surface area contributed by atoms with Gasteiger partial charge < -0.3 is 10.2 Å². The molecule has 1 aromatic carbocycles. The zero-order chi connectivity index (χ0) is 15.4. The first-order chi connectivity index (χ1) is 9.97. The number of rotatable bonds is 4. The molecule has 1 N–H and O–H groups in total. The number of hydrogen-bond acceptors (Lipinski definition) is 2. The Labute approximate surface area is 126 Å². The standard InChI is InChI=1S/C17H24N2O2/c1-12(2)10-15-17(21)19(9-8-16(20)18-15)11-14-7-5-4-6-13(14)3/h4-7,12,15H,8-11H2,1-3H3,(H,18,20). The van der Waals surface area contributed by atoms with Gasteiger partial charge in [0.2, 0.25) is 11.8 Å². The summed E-state index contributed by atoms with van der Waals surface area (Å²) in [6, 6.07) is 7.69. The van der Waals surface area contributed by atoms with E-state index in [9.17, 15) is 9.59 Å². The molecule has 0 spiro atoms. The molecule has 0 radical (unpaired) electrons. The summed E-state index contributed by atoms with van der Waals surface area (Å²) in [7, 11) is 0. The molecule has 1 aliphatic rings. The first-order valence-electron chi connectivity index (χ1n) is 7.60. The van der Waals surface area contributed by atoms with Crippen molar-refractivity contribution in [3.05, 3.63) is 35.4 Å². The molecular formula is C17H24N2O2. The Kier molecular flexibility index (Phi) is 4.99. The predicted molar refractivity (Wildman–Crippen MR) is 82.6 cm³/mol. The molecule has 1 heterocycles. The summed E-state index contributed by atoms with van der Waals surface area (Å²) in [5, 5.41) is 2.86. The number of nitrogens with zero attached hydrogens (tertiary/aromatic N) is 1. The Bertz CT molecular complexity index is 525. The zero-order valence-electron chi connectivity index (χ0n) is 13.1. The Morgan fingerprint density at radius 1 is 1.29 bits per heavy atom. The van der Waals surface area contributed by atoms with Gasteiger partial charge in [0, 0.05) is 19.5 Å². The van der Waals surface area contributed by atoms with Gasteiger partial charge in [-0.1, -0.05) is 38.1 Å². The zero-order valence-corrected chi connectivity index (χ0v) is 13.1. The van der Waals surface area contributed by atoms with E-state index in [4.69, 9.17) is 0 Å². The van der Waals surface area contributed by atoms with Crippen molar-refractivity contribution >= 4 is 11.8 Å². The summed E-state index contributed by atoms with van der Waals surface area (Å²) in [6.45, 7) is 7.25. The fourth-order valence-corrected chi connectivity index (χ4v) is 2.68. The van der Waals surface area contributed by atoms with Crippen molar-refractivity contribution in [3.8, 4) is 0 Å². The van der Waals surface area contributed by atoms with Crippen molar-refractivity contribution in [3.63, 3.8) is 0 Å². The van der Waals surface area contributed by atoms with Gasteiger partial charge in [-0.05, 0) is 30.4 Å². The number of nitrogens with one attached hydrogen (secondary N) is 1. The Hall–Kier alpha value is -1.84. The van der Waals surface area contributed by atoms with Crippen LogP contribution in [0.5, 0.6) is 0 Å². The summed E-state index contributed by atoms with van der Waals surface area (Å²) in [4.78, 5) is 26.3. The van der Waals surface area contributed by atoms with Crippen LogP contribution in [0.25, 0.3) is 0 Å². The van der Waals surface area contributed by atoms with Gasteiger partial charge in [0.25, 0.3) is 0 Å². The Balaban J connectivity index is 2.15. The number of carbonyl (C=O) groups is 2. The van der Waals surface area contributed by atoms with E-state index in [2.05, 4.69) is 19.2 Å². The van der Waals surface area contributed by atoms with Crippen molar-refractivity contribution < 1.29 is 9.59 Å². The van der Waals surface area contributed by atoms with Crippen LogP contribution in [0, 0.1) is 12.8 Å². The van der Waals surface area contributed by atoms with Crippen molar-refractivity contribution in [2.24, 2.45) is 5.92 Å². The molecule has 0 bridgehead atoms. The second-order valence-electron chi connectivity index (χ2n) is 6.19.